The second-order valence-electron chi connectivity index (χ2n) is 4.20. The van der Waals surface area contributed by atoms with Gasteiger partial charge in [-0.3, -0.25) is 0 Å². The van der Waals surface area contributed by atoms with Crippen molar-refractivity contribution in [3.63, 3.8) is 0 Å². The zero-order chi connectivity index (χ0) is 13.2. The normalized spacial score (nSPS) is 9.72. The molecule has 0 spiro atoms. The molecule has 0 N–H and O–H groups in total. The van der Waals surface area contributed by atoms with E-state index in [9.17, 15) is 4.39 Å². The summed E-state index contributed by atoms with van der Waals surface area (Å²) in [6, 6.07) is 4.70. The molecule has 0 fully saturated rings. The summed E-state index contributed by atoms with van der Waals surface area (Å²) in [7, 11) is 0. The quantitative estimate of drug-likeness (QED) is 0.680. The molecule has 0 saturated carbocycles. The molecule has 0 radical (unpaired) electrons. The van der Waals surface area contributed by atoms with E-state index < -0.39 is 0 Å². The maximum atomic E-state index is 13.2. The lowest BCUT2D eigenvalue weighted by Crippen LogP contribution is -1.99. The minimum absolute atomic E-state index is 0.213. The first-order valence-electron chi connectivity index (χ1n) is 6.64. The van der Waals surface area contributed by atoms with Crippen molar-refractivity contribution >= 4 is 0 Å². The number of unbranched alkanes of at least 4 members (excludes halogenated alkanes) is 1. The third-order valence-corrected chi connectivity index (χ3v) is 2.50. The van der Waals surface area contributed by atoms with Gasteiger partial charge in [0.25, 0.3) is 0 Å². The number of aryl methyl sites for hydroxylation is 1. The highest BCUT2D eigenvalue weighted by molar-refractivity contribution is 5.34. The lowest BCUT2D eigenvalue weighted by molar-refractivity contribution is 0.313. The molecule has 0 aliphatic rings. The molecule has 1 rings (SSSR count). The molecule has 2 heteroatoms. The Bertz CT molecular complexity index is 415. The molecule has 0 bridgehead atoms. The standard InChI is InChI=1S/C16H21FO/c1-3-5-6-7-8-9-14-13-15(17)10-11-16(14)18-12-4-2/h10-11,13H,3-5,8-9,12H2,1-2H3. The van der Waals surface area contributed by atoms with Gasteiger partial charge in [0, 0.05) is 12.8 Å². The van der Waals surface area contributed by atoms with Crippen LogP contribution in [0.4, 0.5) is 4.39 Å². The fraction of sp³-hybridized carbons (Fsp3) is 0.500. The van der Waals surface area contributed by atoms with Crippen LogP contribution in [-0.2, 0) is 6.42 Å². The van der Waals surface area contributed by atoms with E-state index in [1.165, 1.54) is 6.07 Å². The smallest absolute Gasteiger partial charge is 0.123 e. The Balaban J connectivity index is 2.61. The maximum Gasteiger partial charge on any atom is 0.123 e. The van der Waals surface area contributed by atoms with Gasteiger partial charge in [0.1, 0.15) is 11.6 Å². The van der Waals surface area contributed by atoms with Crippen molar-refractivity contribution in [1.29, 1.82) is 0 Å². The van der Waals surface area contributed by atoms with Crippen molar-refractivity contribution in [2.24, 2.45) is 0 Å². The van der Waals surface area contributed by atoms with E-state index in [-0.39, 0.29) is 5.82 Å². The van der Waals surface area contributed by atoms with Gasteiger partial charge in [-0.15, -0.1) is 11.8 Å². The highest BCUT2D eigenvalue weighted by atomic mass is 19.1. The van der Waals surface area contributed by atoms with Gasteiger partial charge in [0.05, 0.1) is 6.61 Å². The molecule has 0 atom stereocenters. The Morgan fingerprint density at radius 2 is 1.89 bits per heavy atom. The molecule has 0 amide bonds. The van der Waals surface area contributed by atoms with Crippen LogP contribution in [0.25, 0.3) is 0 Å². The van der Waals surface area contributed by atoms with E-state index in [2.05, 4.69) is 25.7 Å². The van der Waals surface area contributed by atoms with Crippen molar-refractivity contribution in [3.05, 3.63) is 29.6 Å². The first kappa shape index (κ1) is 14.6. The molecule has 0 aromatic heterocycles. The molecule has 0 saturated heterocycles. The molecular weight excluding hydrogens is 227 g/mol. The molecule has 98 valence electrons. The zero-order valence-corrected chi connectivity index (χ0v) is 11.3. The molecule has 1 aromatic rings. The van der Waals surface area contributed by atoms with E-state index in [4.69, 9.17) is 4.74 Å². The molecule has 0 aliphatic heterocycles. The van der Waals surface area contributed by atoms with Crippen LogP contribution in [0, 0.1) is 17.7 Å². The van der Waals surface area contributed by atoms with Gasteiger partial charge < -0.3 is 4.74 Å². The van der Waals surface area contributed by atoms with Crippen molar-refractivity contribution in [2.75, 3.05) is 6.61 Å². The predicted molar refractivity (Wildman–Crippen MR) is 73.2 cm³/mol. The van der Waals surface area contributed by atoms with Crippen molar-refractivity contribution in [1.82, 2.24) is 0 Å². The Morgan fingerprint density at radius 1 is 1.11 bits per heavy atom. The summed E-state index contributed by atoms with van der Waals surface area (Å²) in [5.41, 5.74) is 0.911. The first-order valence-corrected chi connectivity index (χ1v) is 6.64. The average molecular weight is 248 g/mol. The fourth-order valence-corrected chi connectivity index (χ4v) is 1.60. The second kappa shape index (κ2) is 8.58. The third kappa shape index (κ3) is 5.23. The summed E-state index contributed by atoms with van der Waals surface area (Å²) < 4.78 is 18.8. The highest BCUT2D eigenvalue weighted by Gasteiger charge is 2.04. The predicted octanol–water partition coefficient (Wildman–Crippen LogP) is 4.35. The Morgan fingerprint density at radius 3 is 2.61 bits per heavy atom. The van der Waals surface area contributed by atoms with Gasteiger partial charge in [-0.05, 0) is 43.0 Å². The summed E-state index contributed by atoms with van der Waals surface area (Å²) in [6.07, 6.45) is 4.47. The molecular formula is C16H21FO. The SMILES string of the molecule is CCCC#CCCc1cc(F)ccc1OCCC. The van der Waals surface area contributed by atoms with Gasteiger partial charge in [-0.1, -0.05) is 13.8 Å². The van der Waals surface area contributed by atoms with Crippen LogP contribution in [-0.4, -0.2) is 6.61 Å². The third-order valence-electron chi connectivity index (χ3n) is 2.50. The van der Waals surface area contributed by atoms with Gasteiger partial charge in [0.2, 0.25) is 0 Å². The van der Waals surface area contributed by atoms with Crippen LogP contribution in [0.1, 0.15) is 45.1 Å². The van der Waals surface area contributed by atoms with Crippen LogP contribution in [0.15, 0.2) is 18.2 Å². The van der Waals surface area contributed by atoms with Crippen LogP contribution in [0.2, 0.25) is 0 Å². The number of ether oxygens (including phenoxy) is 1. The monoisotopic (exact) mass is 248 g/mol. The van der Waals surface area contributed by atoms with Gasteiger partial charge >= 0.3 is 0 Å². The van der Waals surface area contributed by atoms with Crippen LogP contribution < -0.4 is 4.74 Å². The van der Waals surface area contributed by atoms with E-state index in [1.54, 1.807) is 12.1 Å². The average Bonchev–Trinajstić information content (AvgIpc) is 2.37. The number of hydrogen-bond acceptors (Lipinski definition) is 1. The van der Waals surface area contributed by atoms with Crippen molar-refractivity contribution < 1.29 is 9.13 Å². The molecule has 0 heterocycles. The molecule has 1 nitrogen and oxygen atoms in total. The minimum Gasteiger partial charge on any atom is -0.493 e. The Labute approximate surface area is 109 Å². The van der Waals surface area contributed by atoms with Crippen LogP contribution in [0.3, 0.4) is 0 Å². The number of halogens is 1. The number of rotatable bonds is 6. The van der Waals surface area contributed by atoms with E-state index in [0.717, 1.165) is 43.4 Å². The summed E-state index contributed by atoms with van der Waals surface area (Å²) >= 11 is 0. The van der Waals surface area contributed by atoms with E-state index >= 15 is 0 Å². The Kier molecular flexibility index (Phi) is 6.94. The van der Waals surface area contributed by atoms with Crippen LogP contribution >= 0.6 is 0 Å². The topological polar surface area (TPSA) is 9.23 Å². The molecule has 0 aliphatic carbocycles. The molecule has 18 heavy (non-hydrogen) atoms. The second-order valence-corrected chi connectivity index (χ2v) is 4.20. The number of benzene rings is 1. The highest BCUT2D eigenvalue weighted by Crippen LogP contribution is 2.21. The largest absolute Gasteiger partial charge is 0.493 e. The minimum atomic E-state index is -0.213. The summed E-state index contributed by atoms with van der Waals surface area (Å²) in [5.74, 6) is 6.78. The summed E-state index contributed by atoms with van der Waals surface area (Å²) in [5, 5.41) is 0. The van der Waals surface area contributed by atoms with Gasteiger partial charge in [0.15, 0.2) is 0 Å². The summed E-state index contributed by atoms with van der Waals surface area (Å²) in [6.45, 7) is 4.83. The number of hydrogen-bond donors (Lipinski definition) is 0. The molecule has 1 aromatic carbocycles. The first-order chi connectivity index (χ1) is 8.77. The van der Waals surface area contributed by atoms with Gasteiger partial charge in [-0.2, -0.15) is 0 Å². The van der Waals surface area contributed by atoms with Crippen LogP contribution in [0.5, 0.6) is 5.75 Å². The van der Waals surface area contributed by atoms with E-state index in [0.29, 0.717) is 6.61 Å². The Hall–Kier alpha value is -1.49. The summed E-state index contributed by atoms with van der Waals surface area (Å²) in [4.78, 5) is 0. The van der Waals surface area contributed by atoms with Crippen molar-refractivity contribution in [3.8, 4) is 17.6 Å². The lowest BCUT2D eigenvalue weighted by atomic mass is 10.1. The lowest BCUT2D eigenvalue weighted by Gasteiger charge is -2.09. The van der Waals surface area contributed by atoms with Gasteiger partial charge in [-0.25, -0.2) is 4.39 Å². The van der Waals surface area contributed by atoms with E-state index in [1.807, 2.05) is 0 Å². The van der Waals surface area contributed by atoms with Crippen molar-refractivity contribution in [2.45, 2.75) is 46.0 Å². The zero-order valence-electron chi connectivity index (χ0n) is 11.3. The molecule has 0 unspecified atom stereocenters. The fourth-order valence-electron chi connectivity index (χ4n) is 1.60. The maximum absolute atomic E-state index is 13.2.